The third-order valence-electron chi connectivity index (χ3n) is 4.60. The highest BCUT2D eigenvalue weighted by atomic mass is 16.5. The molecule has 142 valence electrons. The van der Waals surface area contributed by atoms with Gasteiger partial charge in [-0.15, -0.1) is 0 Å². The van der Waals surface area contributed by atoms with E-state index in [-0.39, 0.29) is 5.97 Å². The van der Waals surface area contributed by atoms with Crippen LogP contribution in [0.3, 0.4) is 0 Å². The van der Waals surface area contributed by atoms with Gasteiger partial charge in [0.05, 0.1) is 24.9 Å². The summed E-state index contributed by atoms with van der Waals surface area (Å²) in [7, 11) is 2.06. The number of para-hydroxylation sites is 1. The molecule has 1 heterocycles. The van der Waals surface area contributed by atoms with Crippen molar-refractivity contribution >= 4 is 11.7 Å². The minimum Gasteiger partial charge on any atom is -0.461 e. The maximum Gasteiger partial charge on any atom is 0.358 e. The van der Waals surface area contributed by atoms with Crippen LogP contribution < -0.4 is 4.90 Å². The van der Waals surface area contributed by atoms with Crippen LogP contribution in [0.1, 0.15) is 68.7 Å². The molecule has 5 heteroatoms. The molecular weight excluding hydrogens is 326 g/mol. The highest BCUT2D eigenvalue weighted by Gasteiger charge is 2.20. The monoisotopic (exact) mass is 357 g/mol. The fraction of sp³-hybridized carbons (Fsp3) is 0.524. The topological polar surface area (TPSA) is 47.4 Å². The molecule has 0 N–H and O–H groups in total. The van der Waals surface area contributed by atoms with Gasteiger partial charge in [-0.25, -0.2) is 4.79 Å². The number of aromatic nitrogens is 2. The van der Waals surface area contributed by atoms with Gasteiger partial charge in [0.25, 0.3) is 0 Å². The van der Waals surface area contributed by atoms with E-state index >= 15 is 0 Å². The zero-order valence-electron chi connectivity index (χ0n) is 16.4. The maximum atomic E-state index is 12.2. The number of carbonyl (C=O) groups excluding carboxylic acids is 1. The summed E-state index contributed by atoms with van der Waals surface area (Å²) >= 11 is 0. The van der Waals surface area contributed by atoms with E-state index in [9.17, 15) is 4.79 Å². The van der Waals surface area contributed by atoms with E-state index < -0.39 is 0 Å². The van der Waals surface area contributed by atoms with E-state index in [1.165, 1.54) is 0 Å². The van der Waals surface area contributed by atoms with Crippen LogP contribution in [0.4, 0.5) is 5.69 Å². The summed E-state index contributed by atoms with van der Waals surface area (Å²) in [6.45, 7) is 7.24. The van der Waals surface area contributed by atoms with Crippen molar-refractivity contribution in [2.45, 2.75) is 59.0 Å². The Morgan fingerprint density at radius 2 is 1.96 bits per heavy atom. The van der Waals surface area contributed by atoms with Gasteiger partial charge < -0.3 is 9.64 Å². The van der Waals surface area contributed by atoms with E-state index in [0.717, 1.165) is 37.1 Å². The van der Waals surface area contributed by atoms with Crippen molar-refractivity contribution in [3.63, 3.8) is 0 Å². The van der Waals surface area contributed by atoms with Gasteiger partial charge in [0.1, 0.15) is 0 Å². The fourth-order valence-electron chi connectivity index (χ4n) is 3.13. The Balaban J connectivity index is 2.30. The third-order valence-corrected chi connectivity index (χ3v) is 4.60. The zero-order chi connectivity index (χ0) is 18.9. The van der Waals surface area contributed by atoms with Crippen molar-refractivity contribution in [1.82, 2.24) is 9.78 Å². The second-order valence-electron chi connectivity index (χ2n) is 6.58. The number of nitrogens with zero attached hydrogens (tertiary/aromatic N) is 3. The molecule has 1 aromatic heterocycles. The van der Waals surface area contributed by atoms with E-state index in [4.69, 9.17) is 4.74 Å². The Labute approximate surface area is 157 Å². The molecular formula is C21H31N3O2. The molecule has 0 aliphatic rings. The Morgan fingerprint density at radius 3 is 2.58 bits per heavy atom. The van der Waals surface area contributed by atoms with Crippen LogP contribution >= 0.6 is 0 Å². The van der Waals surface area contributed by atoms with Crippen LogP contribution in [-0.4, -0.2) is 29.4 Å². The van der Waals surface area contributed by atoms with Gasteiger partial charge >= 0.3 is 5.97 Å². The summed E-state index contributed by atoms with van der Waals surface area (Å²) < 4.78 is 7.20. The highest BCUT2D eigenvalue weighted by Crippen LogP contribution is 2.24. The van der Waals surface area contributed by atoms with Crippen molar-refractivity contribution in [1.29, 1.82) is 0 Å². The van der Waals surface area contributed by atoms with E-state index in [0.29, 0.717) is 24.9 Å². The van der Waals surface area contributed by atoms with Gasteiger partial charge in [0, 0.05) is 12.7 Å². The Hall–Kier alpha value is -2.30. The number of unbranched alkanes of at least 4 members (excludes halogenated alkanes) is 1. The van der Waals surface area contributed by atoms with Crippen LogP contribution in [0.15, 0.2) is 36.4 Å². The number of hydrogen-bond acceptors (Lipinski definition) is 4. The average Bonchev–Trinajstić information content (AvgIpc) is 3.07. The van der Waals surface area contributed by atoms with Gasteiger partial charge in [-0.05, 0) is 38.0 Å². The molecule has 0 spiro atoms. The SMILES string of the molecule is CCCCC(CC)n1nc(C(=O)OCC)cc1CN(C)c1ccccc1. The number of rotatable bonds is 10. The molecule has 1 atom stereocenters. The second-order valence-corrected chi connectivity index (χ2v) is 6.58. The van der Waals surface area contributed by atoms with Crippen LogP contribution in [0.5, 0.6) is 0 Å². The molecule has 0 amide bonds. The number of esters is 1. The molecule has 0 saturated heterocycles. The Bertz CT molecular complexity index is 682. The molecule has 0 bridgehead atoms. The lowest BCUT2D eigenvalue weighted by Gasteiger charge is -2.23. The fourth-order valence-corrected chi connectivity index (χ4v) is 3.13. The lowest BCUT2D eigenvalue weighted by Crippen LogP contribution is -2.21. The second kappa shape index (κ2) is 10.00. The van der Waals surface area contributed by atoms with Crippen molar-refractivity contribution in [3.8, 4) is 0 Å². The zero-order valence-corrected chi connectivity index (χ0v) is 16.4. The summed E-state index contributed by atoms with van der Waals surface area (Å²) in [5, 5.41) is 4.62. The lowest BCUT2D eigenvalue weighted by atomic mass is 10.1. The molecule has 0 aliphatic heterocycles. The minimum atomic E-state index is -0.347. The van der Waals surface area contributed by atoms with Crippen LogP contribution in [0, 0.1) is 0 Å². The maximum absolute atomic E-state index is 12.2. The number of anilines is 1. The molecule has 1 unspecified atom stereocenters. The average molecular weight is 357 g/mol. The summed E-state index contributed by atoms with van der Waals surface area (Å²) in [4.78, 5) is 14.4. The van der Waals surface area contributed by atoms with E-state index in [2.05, 4.69) is 43.0 Å². The highest BCUT2D eigenvalue weighted by molar-refractivity contribution is 5.87. The van der Waals surface area contributed by atoms with E-state index in [1.54, 1.807) is 0 Å². The predicted octanol–water partition coefficient (Wildman–Crippen LogP) is 4.84. The largest absolute Gasteiger partial charge is 0.461 e. The first-order valence-corrected chi connectivity index (χ1v) is 9.62. The first-order chi connectivity index (χ1) is 12.6. The van der Waals surface area contributed by atoms with Gasteiger partial charge in [0.2, 0.25) is 0 Å². The van der Waals surface area contributed by atoms with Crippen molar-refractivity contribution in [2.24, 2.45) is 0 Å². The molecule has 0 radical (unpaired) electrons. The van der Waals surface area contributed by atoms with Crippen molar-refractivity contribution in [3.05, 3.63) is 47.8 Å². The van der Waals surface area contributed by atoms with Crippen LogP contribution in [0.25, 0.3) is 0 Å². The van der Waals surface area contributed by atoms with Crippen molar-refractivity contribution < 1.29 is 9.53 Å². The molecule has 1 aromatic carbocycles. The Kier molecular flexibility index (Phi) is 7.70. The number of benzene rings is 1. The predicted molar refractivity (Wildman–Crippen MR) is 106 cm³/mol. The molecule has 0 aliphatic carbocycles. The quantitative estimate of drug-likeness (QED) is 0.571. The molecule has 0 saturated carbocycles. The van der Waals surface area contributed by atoms with Gasteiger partial charge in [0.15, 0.2) is 5.69 Å². The van der Waals surface area contributed by atoms with Crippen LogP contribution in [-0.2, 0) is 11.3 Å². The van der Waals surface area contributed by atoms with Crippen molar-refractivity contribution in [2.75, 3.05) is 18.6 Å². The first kappa shape index (κ1) is 20.0. The van der Waals surface area contributed by atoms with E-state index in [1.807, 2.05) is 35.9 Å². The number of hydrogen-bond donors (Lipinski definition) is 0. The number of ether oxygens (including phenoxy) is 1. The Morgan fingerprint density at radius 1 is 1.23 bits per heavy atom. The lowest BCUT2D eigenvalue weighted by molar-refractivity contribution is 0.0518. The smallest absolute Gasteiger partial charge is 0.358 e. The minimum absolute atomic E-state index is 0.303. The third kappa shape index (κ3) is 5.10. The normalized spacial score (nSPS) is 12.0. The molecule has 26 heavy (non-hydrogen) atoms. The summed E-state index contributed by atoms with van der Waals surface area (Å²) in [5.74, 6) is -0.347. The van der Waals surface area contributed by atoms with Gasteiger partial charge in [-0.2, -0.15) is 5.10 Å². The summed E-state index contributed by atoms with van der Waals surface area (Å²) in [5.41, 5.74) is 2.58. The molecule has 5 nitrogen and oxygen atoms in total. The molecule has 2 rings (SSSR count). The summed E-state index contributed by atoms with van der Waals surface area (Å²) in [6.07, 6.45) is 4.37. The van der Waals surface area contributed by atoms with Gasteiger partial charge in [-0.3, -0.25) is 4.68 Å². The van der Waals surface area contributed by atoms with Gasteiger partial charge in [-0.1, -0.05) is 44.9 Å². The summed E-state index contributed by atoms with van der Waals surface area (Å²) in [6, 6.07) is 12.4. The molecule has 0 fully saturated rings. The number of carbonyl (C=O) groups is 1. The standard InChI is InChI=1S/C21H31N3O2/c1-5-8-12-17(6-2)24-19(15-20(22-24)21(25)26-7-3)16-23(4)18-13-10-9-11-14-18/h9-11,13-15,17H,5-8,12,16H2,1-4H3. The first-order valence-electron chi connectivity index (χ1n) is 9.62. The molecule has 2 aromatic rings. The van der Waals surface area contributed by atoms with Crippen LogP contribution in [0.2, 0.25) is 0 Å².